The molecule has 14 heavy (non-hydrogen) atoms. The lowest BCUT2D eigenvalue weighted by atomic mass is 9.76. The first kappa shape index (κ1) is 11.1. The zero-order valence-corrected chi connectivity index (χ0v) is 10.2. The number of thioether (sulfide) groups is 1. The minimum Gasteiger partial charge on any atom is -0.359 e. The zero-order valence-electron chi connectivity index (χ0n) is 8.57. The van der Waals surface area contributed by atoms with Crippen LogP contribution in [0.1, 0.15) is 19.8 Å². The molecule has 0 N–H and O–H groups in total. The summed E-state index contributed by atoms with van der Waals surface area (Å²) in [5, 5.41) is 0. The Morgan fingerprint density at radius 2 is 2.07 bits per heavy atom. The van der Waals surface area contributed by atoms with Crippen LogP contribution in [-0.2, 0) is 4.74 Å². The van der Waals surface area contributed by atoms with Crippen LogP contribution in [0.15, 0.2) is 0 Å². The fourth-order valence-corrected chi connectivity index (χ4v) is 4.25. The molecule has 82 valence electrons. The summed E-state index contributed by atoms with van der Waals surface area (Å²) in [5.74, 6) is 2.09. The van der Waals surface area contributed by atoms with E-state index in [1.807, 2.05) is 11.8 Å². The van der Waals surface area contributed by atoms with Crippen LogP contribution in [0.3, 0.4) is 0 Å². The quantitative estimate of drug-likeness (QED) is 0.637. The number of halogens is 1. The Labute approximate surface area is 96.2 Å². The molecule has 0 aromatic carbocycles. The molecule has 0 saturated carbocycles. The Balaban J connectivity index is 0.000000750. The number of hydrogen-bond acceptors (Lipinski definition) is 3. The Kier molecular flexibility index (Phi) is 3.04. The summed E-state index contributed by atoms with van der Waals surface area (Å²) in [7, 11) is 0. The van der Waals surface area contributed by atoms with Gasteiger partial charge in [-0.25, -0.2) is 0 Å². The SMILES string of the molecule is C[C@H]1O[C@@]2(CS1)CN1CCC2CC1.Cl. The molecule has 0 amide bonds. The van der Waals surface area contributed by atoms with Crippen LogP contribution in [0.4, 0.5) is 0 Å². The zero-order chi connectivity index (χ0) is 8.89. The van der Waals surface area contributed by atoms with Crippen molar-refractivity contribution in [3.63, 3.8) is 0 Å². The summed E-state index contributed by atoms with van der Waals surface area (Å²) in [6, 6.07) is 0. The minimum absolute atomic E-state index is 0. The van der Waals surface area contributed by atoms with Crippen LogP contribution >= 0.6 is 24.2 Å². The van der Waals surface area contributed by atoms with Gasteiger partial charge in [0.25, 0.3) is 0 Å². The molecule has 4 aliphatic rings. The van der Waals surface area contributed by atoms with E-state index in [-0.39, 0.29) is 18.0 Å². The number of fused-ring (bicyclic) bond motifs is 2. The van der Waals surface area contributed by atoms with E-state index < -0.39 is 0 Å². The molecule has 4 rings (SSSR count). The Bertz CT molecular complexity index is 220. The highest BCUT2D eigenvalue weighted by Crippen LogP contribution is 2.46. The Morgan fingerprint density at radius 3 is 2.50 bits per heavy atom. The van der Waals surface area contributed by atoms with Gasteiger partial charge in [-0.3, -0.25) is 0 Å². The van der Waals surface area contributed by atoms with Gasteiger partial charge in [-0.05, 0) is 38.8 Å². The maximum absolute atomic E-state index is 6.14. The first-order valence-corrected chi connectivity index (χ1v) is 6.35. The molecule has 2 bridgehead atoms. The van der Waals surface area contributed by atoms with Gasteiger partial charge in [-0.15, -0.1) is 24.2 Å². The van der Waals surface area contributed by atoms with Gasteiger partial charge >= 0.3 is 0 Å². The number of nitrogens with zero attached hydrogens (tertiary/aromatic N) is 1. The molecule has 1 spiro atoms. The number of hydrogen-bond donors (Lipinski definition) is 0. The molecule has 0 aromatic rings. The molecule has 4 heterocycles. The van der Waals surface area contributed by atoms with Crippen molar-refractivity contribution in [3.05, 3.63) is 0 Å². The summed E-state index contributed by atoms with van der Waals surface area (Å²) in [6.07, 6.45) is 2.74. The van der Waals surface area contributed by atoms with Crippen molar-refractivity contribution in [2.75, 3.05) is 25.4 Å². The van der Waals surface area contributed by atoms with E-state index in [1.54, 1.807) is 0 Å². The lowest BCUT2D eigenvalue weighted by Crippen LogP contribution is -2.60. The first-order chi connectivity index (χ1) is 6.28. The Morgan fingerprint density at radius 1 is 1.36 bits per heavy atom. The normalized spacial score (nSPS) is 50.8. The van der Waals surface area contributed by atoms with Gasteiger partial charge in [0, 0.05) is 12.3 Å². The monoisotopic (exact) mass is 235 g/mol. The van der Waals surface area contributed by atoms with Gasteiger partial charge in [0.05, 0.1) is 5.60 Å². The summed E-state index contributed by atoms with van der Waals surface area (Å²) >= 11 is 1.99. The summed E-state index contributed by atoms with van der Waals surface area (Å²) in [6.45, 7) is 6.02. The smallest absolute Gasteiger partial charge is 0.101 e. The molecule has 2 nitrogen and oxygen atoms in total. The molecule has 4 saturated heterocycles. The second-order valence-electron chi connectivity index (χ2n) is 4.61. The van der Waals surface area contributed by atoms with E-state index in [2.05, 4.69) is 11.8 Å². The summed E-state index contributed by atoms with van der Waals surface area (Å²) in [4.78, 5) is 2.58. The van der Waals surface area contributed by atoms with E-state index >= 15 is 0 Å². The van der Waals surface area contributed by atoms with Crippen molar-refractivity contribution in [2.45, 2.75) is 30.8 Å². The van der Waals surface area contributed by atoms with E-state index in [0.717, 1.165) is 5.92 Å². The molecule has 0 unspecified atom stereocenters. The summed E-state index contributed by atoms with van der Waals surface area (Å²) in [5.41, 5.74) is 0.682. The average Bonchev–Trinajstić information content (AvgIpc) is 2.49. The van der Waals surface area contributed by atoms with Crippen LogP contribution in [0.5, 0.6) is 0 Å². The lowest BCUT2D eigenvalue weighted by Gasteiger charge is -2.50. The third kappa shape index (κ3) is 1.58. The van der Waals surface area contributed by atoms with Crippen LogP contribution in [-0.4, -0.2) is 41.3 Å². The fourth-order valence-electron chi connectivity index (χ4n) is 3.08. The van der Waals surface area contributed by atoms with Crippen LogP contribution < -0.4 is 0 Å². The van der Waals surface area contributed by atoms with E-state index in [0.29, 0.717) is 5.44 Å². The molecule has 4 aliphatic heterocycles. The first-order valence-electron chi connectivity index (χ1n) is 5.30. The van der Waals surface area contributed by atoms with Gasteiger partial charge in [-0.1, -0.05) is 0 Å². The van der Waals surface area contributed by atoms with Crippen LogP contribution in [0.2, 0.25) is 0 Å². The number of piperidine rings is 3. The molecule has 2 atom stereocenters. The van der Waals surface area contributed by atoms with Crippen molar-refractivity contribution < 1.29 is 4.74 Å². The third-order valence-corrected chi connectivity index (χ3v) is 5.01. The Hall–Kier alpha value is 0.560. The maximum Gasteiger partial charge on any atom is 0.101 e. The van der Waals surface area contributed by atoms with Gasteiger partial charge in [-0.2, -0.15) is 0 Å². The van der Waals surface area contributed by atoms with Crippen molar-refractivity contribution in [2.24, 2.45) is 5.92 Å². The van der Waals surface area contributed by atoms with Crippen LogP contribution in [0, 0.1) is 5.92 Å². The highest BCUT2D eigenvalue weighted by molar-refractivity contribution is 8.00. The highest BCUT2D eigenvalue weighted by atomic mass is 35.5. The van der Waals surface area contributed by atoms with Crippen molar-refractivity contribution >= 4 is 24.2 Å². The molecular weight excluding hydrogens is 218 g/mol. The molecular formula is C10H18ClNOS. The number of rotatable bonds is 0. The fraction of sp³-hybridized carbons (Fsp3) is 1.00. The van der Waals surface area contributed by atoms with E-state index in [9.17, 15) is 0 Å². The highest BCUT2D eigenvalue weighted by Gasteiger charge is 2.51. The topological polar surface area (TPSA) is 12.5 Å². The van der Waals surface area contributed by atoms with E-state index in [4.69, 9.17) is 4.74 Å². The second-order valence-corrected chi connectivity index (χ2v) is 5.90. The van der Waals surface area contributed by atoms with Gasteiger partial charge < -0.3 is 9.64 Å². The van der Waals surface area contributed by atoms with E-state index in [1.165, 1.54) is 38.2 Å². The summed E-state index contributed by atoms with van der Waals surface area (Å²) < 4.78 is 6.14. The van der Waals surface area contributed by atoms with Crippen LogP contribution in [0.25, 0.3) is 0 Å². The molecule has 0 aromatic heterocycles. The van der Waals surface area contributed by atoms with Gasteiger partial charge in [0.15, 0.2) is 0 Å². The third-order valence-electron chi connectivity index (χ3n) is 3.79. The molecule has 0 radical (unpaired) electrons. The predicted octanol–water partition coefficient (Wildman–Crippen LogP) is 1.98. The number of ether oxygens (including phenoxy) is 1. The standard InChI is InChI=1S/C10H17NOS.ClH/c1-8-12-10(7-13-8)6-11-4-2-9(10)3-5-11;/h8-9H,2-7H2,1H3;1H/t8-,10+;/m0./s1. The average molecular weight is 236 g/mol. The van der Waals surface area contributed by atoms with Gasteiger partial charge in [0.2, 0.25) is 0 Å². The van der Waals surface area contributed by atoms with Crippen molar-refractivity contribution in [1.82, 2.24) is 4.90 Å². The largest absolute Gasteiger partial charge is 0.359 e. The van der Waals surface area contributed by atoms with Gasteiger partial charge in [0.1, 0.15) is 5.44 Å². The predicted molar refractivity (Wildman–Crippen MR) is 62.1 cm³/mol. The lowest BCUT2D eigenvalue weighted by molar-refractivity contribution is -0.133. The second kappa shape index (κ2) is 3.85. The maximum atomic E-state index is 6.14. The molecule has 4 heteroatoms. The van der Waals surface area contributed by atoms with Crippen molar-refractivity contribution in [3.8, 4) is 0 Å². The van der Waals surface area contributed by atoms with Crippen molar-refractivity contribution in [1.29, 1.82) is 0 Å². The minimum atomic E-state index is 0. The molecule has 0 aliphatic carbocycles. The molecule has 4 fully saturated rings.